The predicted molar refractivity (Wildman–Crippen MR) is 106 cm³/mol. The zero-order chi connectivity index (χ0) is 19.5. The number of hydrogen-bond acceptors (Lipinski definition) is 4. The third-order valence-electron chi connectivity index (χ3n) is 4.18. The molecule has 0 fully saturated rings. The summed E-state index contributed by atoms with van der Waals surface area (Å²) in [5, 5.41) is 8.03. The lowest BCUT2D eigenvalue weighted by Gasteiger charge is -2.09. The van der Waals surface area contributed by atoms with Gasteiger partial charge in [-0.25, -0.2) is 9.48 Å². The smallest absolute Gasteiger partial charge is 0.355 e. The highest BCUT2D eigenvalue weighted by Gasteiger charge is 2.15. The van der Waals surface area contributed by atoms with E-state index in [1.807, 2.05) is 61.5 Å². The van der Waals surface area contributed by atoms with Gasteiger partial charge in [-0.15, -0.1) is 0 Å². The second-order valence-corrected chi connectivity index (χ2v) is 6.31. The van der Waals surface area contributed by atoms with Crippen LogP contribution in [0.25, 0.3) is 16.6 Å². The summed E-state index contributed by atoms with van der Waals surface area (Å²) in [6.07, 6.45) is 0. The lowest BCUT2D eigenvalue weighted by atomic mass is 10.2. The summed E-state index contributed by atoms with van der Waals surface area (Å²) < 4.78 is 6.76. The predicted octanol–water partition coefficient (Wildman–Crippen LogP) is 3.46. The number of fused-ring (bicyclic) bond motifs is 1. The molecule has 4 aromatic rings. The number of nitrogens with zero attached hydrogens (tertiary/aromatic N) is 2. The van der Waals surface area contributed by atoms with Crippen molar-refractivity contribution in [3.8, 4) is 5.69 Å². The number of amides is 1. The van der Waals surface area contributed by atoms with E-state index in [2.05, 4.69) is 15.4 Å². The van der Waals surface area contributed by atoms with Gasteiger partial charge in [-0.3, -0.25) is 4.79 Å². The Kier molecular flexibility index (Phi) is 4.63. The van der Waals surface area contributed by atoms with Gasteiger partial charge in [0.1, 0.15) is 11.5 Å². The number of aryl methyl sites for hydroxylation is 1. The summed E-state index contributed by atoms with van der Waals surface area (Å²) in [5.41, 5.74) is 2.72. The lowest BCUT2D eigenvalue weighted by Crippen LogP contribution is -2.22. The van der Waals surface area contributed by atoms with Gasteiger partial charge in [-0.2, -0.15) is 5.10 Å². The molecule has 0 saturated heterocycles. The average molecular weight is 374 g/mol. The number of carbonyl (C=O) groups excluding carboxylic acids is 2. The van der Waals surface area contributed by atoms with Crippen LogP contribution in [-0.4, -0.2) is 33.2 Å². The number of aromatic amines is 1. The van der Waals surface area contributed by atoms with Crippen LogP contribution < -0.4 is 5.32 Å². The number of aromatic nitrogens is 3. The number of rotatable bonds is 5. The highest BCUT2D eigenvalue weighted by Crippen LogP contribution is 2.17. The molecule has 2 N–H and O–H groups in total. The molecule has 0 saturated carbocycles. The molecule has 7 heteroatoms. The van der Waals surface area contributed by atoms with Crippen LogP contribution in [0, 0.1) is 6.92 Å². The van der Waals surface area contributed by atoms with Crippen molar-refractivity contribution in [3.63, 3.8) is 0 Å². The fourth-order valence-corrected chi connectivity index (χ4v) is 2.93. The van der Waals surface area contributed by atoms with Gasteiger partial charge in [0, 0.05) is 17.0 Å². The lowest BCUT2D eigenvalue weighted by molar-refractivity contribution is -0.119. The number of H-pyrrole nitrogens is 1. The molecule has 2 aromatic heterocycles. The molecule has 1 amide bonds. The zero-order valence-electron chi connectivity index (χ0n) is 15.2. The van der Waals surface area contributed by atoms with E-state index in [1.54, 1.807) is 16.8 Å². The zero-order valence-corrected chi connectivity index (χ0v) is 15.2. The minimum absolute atomic E-state index is 0.305. The summed E-state index contributed by atoms with van der Waals surface area (Å²) in [6, 6.07) is 20.4. The van der Waals surface area contributed by atoms with Crippen LogP contribution in [0.2, 0.25) is 0 Å². The van der Waals surface area contributed by atoms with E-state index in [1.165, 1.54) is 0 Å². The van der Waals surface area contributed by atoms with Gasteiger partial charge in [0.05, 0.1) is 11.4 Å². The number of nitrogens with one attached hydrogen (secondary N) is 2. The van der Waals surface area contributed by atoms with Crippen molar-refractivity contribution in [2.45, 2.75) is 6.92 Å². The molecule has 0 bridgehead atoms. The Hall–Kier alpha value is -3.87. The van der Waals surface area contributed by atoms with Crippen molar-refractivity contribution in [3.05, 3.63) is 78.1 Å². The third-order valence-corrected chi connectivity index (χ3v) is 4.18. The number of ether oxygens (including phenoxy) is 1. The van der Waals surface area contributed by atoms with Crippen molar-refractivity contribution in [1.82, 2.24) is 14.8 Å². The van der Waals surface area contributed by atoms with Crippen molar-refractivity contribution < 1.29 is 14.3 Å². The summed E-state index contributed by atoms with van der Waals surface area (Å²) in [4.78, 5) is 27.5. The number of esters is 1. The molecule has 0 aliphatic heterocycles. The molecule has 2 aromatic carbocycles. The quantitative estimate of drug-likeness (QED) is 0.524. The summed E-state index contributed by atoms with van der Waals surface area (Å²) in [5.74, 6) is -0.518. The Balaban J connectivity index is 1.42. The molecule has 2 heterocycles. The first-order valence-corrected chi connectivity index (χ1v) is 8.77. The molecule has 0 radical (unpaired) electrons. The first kappa shape index (κ1) is 17.5. The van der Waals surface area contributed by atoms with Crippen LogP contribution in [0.1, 0.15) is 16.2 Å². The molecular formula is C21H18N4O3. The standard InChI is InChI=1S/C21H18N4O3/c1-14-11-19(25(24-14)16-8-3-2-4-9-16)23-20(26)13-28-21(27)18-12-15-7-5-6-10-17(15)22-18/h2-12,22H,13H2,1H3,(H,23,26). The van der Waals surface area contributed by atoms with E-state index in [0.29, 0.717) is 11.5 Å². The highest BCUT2D eigenvalue weighted by molar-refractivity contribution is 5.97. The third kappa shape index (κ3) is 3.64. The minimum atomic E-state index is -0.584. The van der Waals surface area contributed by atoms with Gasteiger partial charge in [0.25, 0.3) is 5.91 Å². The van der Waals surface area contributed by atoms with E-state index in [-0.39, 0.29) is 0 Å². The monoisotopic (exact) mass is 374 g/mol. The maximum Gasteiger partial charge on any atom is 0.355 e. The molecule has 4 rings (SSSR count). The van der Waals surface area contributed by atoms with Gasteiger partial charge in [-0.05, 0) is 31.2 Å². The van der Waals surface area contributed by atoms with Gasteiger partial charge < -0.3 is 15.0 Å². The van der Waals surface area contributed by atoms with Crippen LogP contribution in [-0.2, 0) is 9.53 Å². The number of benzene rings is 2. The molecule has 0 unspecified atom stereocenters. The van der Waals surface area contributed by atoms with Crippen molar-refractivity contribution >= 4 is 28.6 Å². The van der Waals surface area contributed by atoms with E-state index >= 15 is 0 Å². The Labute approximate surface area is 160 Å². The van der Waals surface area contributed by atoms with Crippen molar-refractivity contribution in [1.29, 1.82) is 0 Å². The maximum atomic E-state index is 12.3. The van der Waals surface area contributed by atoms with E-state index in [0.717, 1.165) is 22.3 Å². The van der Waals surface area contributed by atoms with E-state index in [4.69, 9.17) is 4.74 Å². The fraction of sp³-hybridized carbons (Fsp3) is 0.0952. The highest BCUT2D eigenvalue weighted by atomic mass is 16.5. The molecule has 0 aliphatic rings. The fourth-order valence-electron chi connectivity index (χ4n) is 2.93. The number of para-hydroxylation sites is 2. The molecule has 28 heavy (non-hydrogen) atoms. The number of anilines is 1. The van der Waals surface area contributed by atoms with E-state index < -0.39 is 18.5 Å². The van der Waals surface area contributed by atoms with Crippen LogP contribution in [0.5, 0.6) is 0 Å². The molecule has 0 spiro atoms. The van der Waals surface area contributed by atoms with Crippen LogP contribution in [0.3, 0.4) is 0 Å². The number of carbonyl (C=O) groups is 2. The topological polar surface area (TPSA) is 89.0 Å². The van der Waals surface area contributed by atoms with Crippen LogP contribution in [0.4, 0.5) is 5.82 Å². The number of hydrogen-bond donors (Lipinski definition) is 2. The first-order chi connectivity index (χ1) is 13.6. The molecule has 0 aliphatic carbocycles. The molecule has 7 nitrogen and oxygen atoms in total. The van der Waals surface area contributed by atoms with E-state index in [9.17, 15) is 9.59 Å². The average Bonchev–Trinajstić information content (AvgIpc) is 3.30. The second-order valence-electron chi connectivity index (χ2n) is 6.31. The maximum absolute atomic E-state index is 12.3. The van der Waals surface area contributed by atoms with Crippen LogP contribution in [0.15, 0.2) is 66.7 Å². The Bertz CT molecular complexity index is 1110. The van der Waals surface area contributed by atoms with Gasteiger partial charge in [0.2, 0.25) is 0 Å². The van der Waals surface area contributed by atoms with Crippen LogP contribution >= 0.6 is 0 Å². The largest absolute Gasteiger partial charge is 0.451 e. The normalized spacial score (nSPS) is 10.8. The van der Waals surface area contributed by atoms with Gasteiger partial charge in [0.15, 0.2) is 6.61 Å². The van der Waals surface area contributed by atoms with Crippen molar-refractivity contribution in [2.24, 2.45) is 0 Å². The Morgan fingerprint density at radius 1 is 1.07 bits per heavy atom. The molecule has 0 atom stereocenters. The Morgan fingerprint density at radius 3 is 2.61 bits per heavy atom. The van der Waals surface area contributed by atoms with Gasteiger partial charge >= 0.3 is 5.97 Å². The Morgan fingerprint density at radius 2 is 1.82 bits per heavy atom. The summed E-state index contributed by atoms with van der Waals surface area (Å²) in [7, 11) is 0. The second kappa shape index (κ2) is 7.40. The van der Waals surface area contributed by atoms with Crippen molar-refractivity contribution in [2.75, 3.05) is 11.9 Å². The molecular weight excluding hydrogens is 356 g/mol. The SMILES string of the molecule is Cc1cc(NC(=O)COC(=O)c2cc3ccccc3[nH]2)n(-c2ccccc2)n1. The summed E-state index contributed by atoms with van der Waals surface area (Å²) >= 11 is 0. The molecule has 140 valence electrons. The summed E-state index contributed by atoms with van der Waals surface area (Å²) in [6.45, 7) is 1.44. The first-order valence-electron chi connectivity index (χ1n) is 8.77. The van der Waals surface area contributed by atoms with Gasteiger partial charge in [-0.1, -0.05) is 36.4 Å². The minimum Gasteiger partial charge on any atom is -0.451 e.